The van der Waals surface area contributed by atoms with Gasteiger partial charge in [0.1, 0.15) is 0 Å². The molecule has 1 saturated carbocycles. The summed E-state index contributed by atoms with van der Waals surface area (Å²) in [5, 5.41) is 3.58. The van der Waals surface area contributed by atoms with Crippen molar-refractivity contribution in [1.29, 1.82) is 0 Å². The third-order valence-electron chi connectivity index (χ3n) is 4.46. The molecule has 1 aromatic heterocycles. The lowest BCUT2D eigenvalue weighted by molar-refractivity contribution is 0.566. The van der Waals surface area contributed by atoms with E-state index in [1.165, 1.54) is 30.5 Å². The Balaban J connectivity index is 1.57. The number of benzene rings is 1. The van der Waals surface area contributed by atoms with Crippen molar-refractivity contribution in [1.82, 2.24) is 14.9 Å². The van der Waals surface area contributed by atoms with Crippen LogP contribution in [0.15, 0.2) is 42.9 Å². The quantitative estimate of drug-likeness (QED) is 0.911. The van der Waals surface area contributed by atoms with E-state index in [1.54, 1.807) is 0 Å². The maximum atomic E-state index is 4.38. The van der Waals surface area contributed by atoms with Crippen LogP contribution in [0.5, 0.6) is 0 Å². The van der Waals surface area contributed by atoms with E-state index in [0.29, 0.717) is 18.0 Å². The van der Waals surface area contributed by atoms with Crippen LogP contribution in [0.25, 0.3) is 0 Å². The summed E-state index contributed by atoms with van der Waals surface area (Å²) in [6, 6.07) is 12.0. The standard InChI is InChI=1S/C16H19N3/c1-2-5-12(6-3-1)13-9-15(13)19-11-17-10-16(19)14-7-4-8-18-14/h1-3,5-6,10-11,13-15,18H,4,7-9H2/t13?,14-,15?/m0/s1. The molecule has 3 heteroatoms. The molecule has 2 aromatic rings. The van der Waals surface area contributed by atoms with Crippen molar-refractivity contribution in [2.24, 2.45) is 0 Å². The van der Waals surface area contributed by atoms with E-state index in [-0.39, 0.29) is 0 Å². The Morgan fingerprint density at radius 1 is 1.21 bits per heavy atom. The van der Waals surface area contributed by atoms with E-state index in [9.17, 15) is 0 Å². The Bertz CT molecular complexity index is 554. The Kier molecular flexibility index (Phi) is 2.66. The van der Waals surface area contributed by atoms with Crippen LogP contribution in [0.1, 0.15) is 48.5 Å². The topological polar surface area (TPSA) is 29.9 Å². The van der Waals surface area contributed by atoms with Crippen LogP contribution >= 0.6 is 0 Å². The van der Waals surface area contributed by atoms with Gasteiger partial charge < -0.3 is 9.88 Å². The van der Waals surface area contributed by atoms with Gasteiger partial charge in [-0.15, -0.1) is 0 Å². The van der Waals surface area contributed by atoms with Gasteiger partial charge in [-0.25, -0.2) is 4.98 Å². The second-order valence-corrected chi connectivity index (χ2v) is 5.69. The fourth-order valence-electron chi connectivity index (χ4n) is 3.35. The molecule has 3 nitrogen and oxygen atoms in total. The predicted octanol–water partition coefficient (Wildman–Crippen LogP) is 3.04. The van der Waals surface area contributed by atoms with Crippen LogP contribution in [-0.2, 0) is 0 Å². The van der Waals surface area contributed by atoms with Crippen molar-refractivity contribution in [3.63, 3.8) is 0 Å². The Morgan fingerprint density at radius 3 is 2.89 bits per heavy atom. The summed E-state index contributed by atoms with van der Waals surface area (Å²) in [5.74, 6) is 0.676. The molecule has 1 saturated heterocycles. The molecule has 2 heterocycles. The van der Waals surface area contributed by atoms with Crippen molar-refractivity contribution in [3.05, 3.63) is 54.1 Å². The molecule has 2 fully saturated rings. The van der Waals surface area contributed by atoms with Gasteiger partial charge in [0.15, 0.2) is 0 Å². The van der Waals surface area contributed by atoms with Crippen LogP contribution in [0.2, 0.25) is 0 Å². The monoisotopic (exact) mass is 253 g/mol. The van der Waals surface area contributed by atoms with Crippen LogP contribution in [0.3, 0.4) is 0 Å². The van der Waals surface area contributed by atoms with Gasteiger partial charge in [-0.05, 0) is 31.4 Å². The van der Waals surface area contributed by atoms with Gasteiger partial charge in [-0.3, -0.25) is 0 Å². The van der Waals surface area contributed by atoms with Crippen LogP contribution in [0, 0.1) is 0 Å². The average Bonchev–Trinajstić information content (AvgIpc) is 2.90. The van der Waals surface area contributed by atoms with Crippen LogP contribution < -0.4 is 5.32 Å². The molecule has 2 unspecified atom stereocenters. The predicted molar refractivity (Wildman–Crippen MR) is 75.0 cm³/mol. The summed E-state index contributed by atoms with van der Waals surface area (Å²) < 4.78 is 2.40. The highest BCUT2D eigenvalue weighted by atomic mass is 15.1. The minimum atomic E-state index is 0.513. The van der Waals surface area contributed by atoms with E-state index < -0.39 is 0 Å². The number of nitrogens with zero attached hydrogens (tertiary/aromatic N) is 2. The summed E-state index contributed by atoms with van der Waals surface area (Å²) in [6.07, 6.45) is 7.84. The second-order valence-electron chi connectivity index (χ2n) is 5.69. The molecule has 1 aliphatic heterocycles. The molecule has 0 amide bonds. The number of hydrogen-bond acceptors (Lipinski definition) is 2. The third kappa shape index (κ3) is 1.98. The first-order valence-electron chi connectivity index (χ1n) is 7.23. The van der Waals surface area contributed by atoms with Crippen molar-refractivity contribution in [2.45, 2.75) is 37.3 Å². The van der Waals surface area contributed by atoms with Gasteiger partial charge in [-0.2, -0.15) is 0 Å². The molecule has 19 heavy (non-hydrogen) atoms. The van der Waals surface area contributed by atoms with E-state index in [0.717, 1.165) is 6.54 Å². The zero-order valence-electron chi connectivity index (χ0n) is 11.0. The maximum absolute atomic E-state index is 4.38. The van der Waals surface area contributed by atoms with Gasteiger partial charge in [0.2, 0.25) is 0 Å². The maximum Gasteiger partial charge on any atom is 0.0951 e. The fraction of sp³-hybridized carbons (Fsp3) is 0.438. The number of imidazole rings is 1. The summed E-state index contributed by atoms with van der Waals surface area (Å²) in [5.41, 5.74) is 2.84. The van der Waals surface area contributed by atoms with Gasteiger partial charge in [-0.1, -0.05) is 30.3 Å². The van der Waals surface area contributed by atoms with E-state index >= 15 is 0 Å². The van der Waals surface area contributed by atoms with E-state index in [4.69, 9.17) is 0 Å². The van der Waals surface area contributed by atoms with Crippen LogP contribution in [-0.4, -0.2) is 16.1 Å². The smallest absolute Gasteiger partial charge is 0.0951 e. The van der Waals surface area contributed by atoms with Gasteiger partial charge in [0, 0.05) is 24.2 Å². The molecular formula is C16H19N3. The molecule has 2 aliphatic rings. The normalized spacial score (nSPS) is 29.6. The van der Waals surface area contributed by atoms with Gasteiger partial charge in [0.05, 0.1) is 12.0 Å². The highest BCUT2D eigenvalue weighted by molar-refractivity contribution is 5.28. The molecule has 4 rings (SSSR count). The first kappa shape index (κ1) is 11.2. The number of aromatic nitrogens is 2. The largest absolute Gasteiger partial charge is 0.329 e. The average molecular weight is 253 g/mol. The summed E-state index contributed by atoms with van der Waals surface area (Å²) in [7, 11) is 0. The first-order valence-corrected chi connectivity index (χ1v) is 7.23. The van der Waals surface area contributed by atoms with Gasteiger partial charge in [0.25, 0.3) is 0 Å². The number of nitrogens with one attached hydrogen (secondary N) is 1. The van der Waals surface area contributed by atoms with Crippen molar-refractivity contribution < 1.29 is 0 Å². The zero-order chi connectivity index (χ0) is 12.7. The summed E-state index contributed by atoms with van der Waals surface area (Å²) >= 11 is 0. The van der Waals surface area contributed by atoms with Crippen molar-refractivity contribution in [3.8, 4) is 0 Å². The molecule has 1 aromatic carbocycles. The SMILES string of the molecule is c1ccc(C2CC2n2cncc2[C@@H]2CCCN2)cc1. The lowest BCUT2D eigenvalue weighted by Crippen LogP contribution is -2.16. The molecule has 98 valence electrons. The fourth-order valence-corrected chi connectivity index (χ4v) is 3.35. The van der Waals surface area contributed by atoms with E-state index in [1.807, 2.05) is 12.5 Å². The summed E-state index contributed by atoms with van der Waals surface area (Å²) in [6.45, 7) is 1.14. The Morgan fingerprint density at radius 2 is 2.11 bits per heavy atom. The molecule has 0 radical (unpaired) electrons. The molecule has 1 N–H and O–H groups in total. The number of hydrogen-bond donors (Lipinski definition) is 1. The van der Waals surface area contributed by atoms with Gasteiger partial charge >= 0.3 is 0 Å². The highest BCUT2D eigenvalue weighted by Gasteiger charge is 2.41. The van der Waals surface area contributed by atoms with Crippen molar-refractivity contribution in [2.75, 3.05) is 6.54 Å². The minimum Gasteiger partial charge on any atom is -0.329 e. The molecule has 1 aliphatic carbocycles. The Hall–Kier alpha value is -1.61. The highest BCUT2D eigenvalue weighted by Crippen LogP contribution is 2.52. The van der Waals surface area contributed by atoms with E-state index in [2.05, 4.69) is 45.2 Å². The summed E-state index contributed by atoms with van der Waals surface area (Å²) in [4.78, 5) is 4.38. The molecule has 0 bridgehead atoms. The second kappa shape index (κ2) is 4.49. The minimum absolute atomic E-state index is 0.513. The lowest BCUT2D eigenvalue weighted by Gasteiger charge is -2.14. The molecule has 3 atom stereocenters. The third-order valence-corrected chi connectivity index (χ3v) is 4.46. The number of rotatable bonds is 3. The van der Waals surface area contributed by atoms with Crippen LogP contribution in [0.4, 0.5) is 0 Å². The van der Waals surface area contributed by atoms with Crippen molar-refractivity contribution >= 4 is 0 Å². The Labute approximate surface area is 113 Å². The zero-order valence-corrected chi connectivity index (χ0v) is 11.0. The molecule has 0 spiro atoms. The lowest BCUT2D eigenvalue weighted by atomic mass is 10.1. The molecular weight excluding hydrogens is 234 g/mol. The first-order chi connectivity index (χ1) is 9.43.